The molecular weight excluding hydrogens is 504 g/mol. The number of nitrogens with zero attached hydrogens (tertiary/aromatic N) is 3. The van der Waals surface area contributed by atoms with E-state index >= 15 is 0 Å². The highest BCUT2D eigenvalue weighted by Crippen LogP contribution is 2.49. The van der Waals surface area contributed by atoms with Gasteiger partial charge in [0.25, 0.3) is 5.91 Å². The number of piperidine rings is 1. The summed E-state index contributed by atoms with van der Waals surface area (Å²) in [5.41, 5.74) is -1.82. The Kier molecular flexibility index (Phi) is 7.49. The highest BCUT2D eigenvalue weighted by atomic mass is 19.4. The Hall–Kier alpha value is -3.50. The number of benzene rings is 1. The lowest BCUT2D eigenvalue weighted by molar-refractivity contribution is -0.143. The van der Waals surface area contributed by atoms with Gasteiger partial charge in [-0.1, -0.05) is 19.9 Å². The molecule has 1 spiro atoms. The number of aromatic nitrogens is 1. The highest BCUT2D eigenvalue weighted by Gasteiger charge is 2.55. The number of nitrogens with one attached hydrogen (secondary N) is 1. The molecule has 2 aliphatic heterocycles. The molecule has 38 heavy (non-hydrogen) atoms. The number of hydrogen-bond acceptors (Lipinski definition) is 4. The summed E-state index contributed by atoms with van der Waals surface area (Å²) in [6.45, 7) is 4.42. The van der Waals surface area contributed by atoms with Gasteiger partial charge in [0.05, 0.1) is 16.5 Å². The van der Waals surface area contributed by atoms with Gasteiger partial charge < -0.3 is 15.1 Å². The van der Waals surface area contributed by atoms with Gasteiger partial charge in [0.2, 0.25) is 11.8 Å². The van der Waals surface area contributed by atoms with Crippen LogP contribution >= 0.6 is 0 Å². The third-order valence-electron chi connectivity index (χ3n) is 7.67. The summed E-state index contributed by atoms with van der Waals surface area (Å²) in [6.07, 6.45) is -2.25. The lowest BCUT2D eigenvalue weighted by Gasteiger charge is -2.42. The maximum Gasteiger partial charge on any atom is 0.416 e. The van der Waals surface area contributed by atoms with Crippen molar-refractivity contribution in [3.05, 3.63) is 65.2 Å². The van der Waals surface area contributed by atoms with Gasteiger partial charge in [-0.3, -0.25) is 19.4 Å². The molecule has 1 unspecified atom stereocenters. The summed E-state index contributed by atoms with van der Waals surface area (Å²) in [6, 6.07) is 6.08. The maximum atomic E-state index is 14.3. The van der Waals surface area contributed by atoms with Gasteiger partial charge in [-0.25, -0.2) is 4.39 Å². The van der Waals surface area contributed by atoms with Crippen LogP contribution in [0.1, 0.15) is 54.2 Å². The summed E-state index contributed by atoms with van der Waals surface area (Å²) in [4.78, 5) is 47.2. The fourth-order valence-electron chi connectivity index (χ4n) is 5.51. The Morgan fingerprint density at radius 3 is 2.39 bits per heavy atom. The Morgan fingerprint density at radius 1 is 1.13 bits per heavy atom. The fourth-order valence-corrected chi connectivity index (χ4v) is 5.51. The van der Waals surface area contributed by atoms with Crippen molar-refractivity contribution in [2.24, 2.45) is 11.3 Å². The van der Waals surface area contributed by atoms with Crippen LogP contribution < -0.4 is 5.32 Å². The number of rotatable bonds is 5. The quantitative estimate of drug-likeness (QED) is 0.591. The van der Waals surface area contributed by atoms with Crippen molar-refractivity contribution in [3.8, 4) is 0 Å². The number of likely N-dealkylation sites (tertiary alicyclic amines) is 2. The smallest absolute Gasteiger partial charge is 0.345 e. The van der Waals surface area contributed by atoms with Gasteiger partial charge >= 0.3 is 6.18 Å². The number of amides is 3. The SMILES string of the molecule is CC(C)[C@@H](NC(=O)c1cc(C(F)(F)F)ccc1F)C(=O)N1CCC2(CC1)C(=O)N(C)CC2c1ccccn1. The van der Waals surface area contributed by atoms with E-state index < -0.39 is 52.3 Å². The van der Waals surface area contributed by atoms with Crippen molar-refractivity contribution < 1.29 is 31.9 Å². The summed E-state index contributed by atoms with van der Waals surface area (Å²) >= 11 is 0. The standard InChI is InChI=1S/C27H30F4N4O3/c1-16(2)22(33-23(36)18-14-17(27(29,30)31)7-8-20(18)28)24(37)35-12-9-26(10-13-35)19(15-34(3)25(26)38)21-6-4-5-11-32-21/h4-8,11,14,16,19,22H,9-10,12-13,15H2,1-3H3,(H,33,36)/t19?,22-/m1/s1. The highest BCUT2D eigenvalue weighted by molar-refractivity contribution is 5.98. The number of alkyl halides is 3. The van der Waals surface area contributed by atoms with Crippen molar-refractivity contribution in [1.82, 2.24) is 20.1 Å². The van der Waals surface area contributed by atoms with Crippen molar-refractivity contribution >= 4 is 17.7 Å². The summed E-state index contributed by atoms with van der Waals surface area (Å²) in [7, 11) is 1.75. The molecule has 4 rings (SSSR count). The van der Waals surface area contributed by atoms with E-state index in [1.54, 1.807) is 36.9 Å². The summed E-state index contributed by atoms with van der Waals surface area (Å²) in [5.74, 6) is -3.18. The number of pyridine rings is 1. The van der Waals surface area contributed by atoms with E-state index in [1.165, 1.54) is 0 Å². The minimum Gasteiger partial charge on any atom is -0.345 e. The molecule has 0 aliphatic carbocycles. The van der Waals surface area contributed by atoms with Crippen LogP contribution in [0.25, 0.3) is 0 Å². The van der Waals surface area contributed by atoms with E-state index in [2.05, 4.69) is 10.3 Å². The third kappa shape index (κ3) is 5.10. The lowest BCUT2D eigenvalue weighted by Crippen LogP contribution is -2.55. The van der Waals surface area contributed by atoms with E-state index in [4.69, 9.17) is 0 Å². The zero-order chi connectivity index (χ0) is 27.8. The Balaban J connectivity index is 1.50. The first-order valence-electron chi connectivity index (χ1n) is 12.5. The van der Waals surface area contributed by atoms with Gasteiger partial charge in [0, 0.05) is 44.5 Å². The van der Waals surface area contributed by atoms with Crippen LogP contribution in [0.15, 0.2) is 42.6 Å². The molecule has 1 N–H and O–H groups in total. The number of carbonyl (C=O) groups is 3. The zero-order valence-corrected chi connectivity index (χ0v) is 21.4. The summed E-state index contributed by atoms with van der Waals surface area (Å²) < 4.78 is 53.5. The van der Waals surface area contributed by atoms with Gasteiger partial charge in [-0.2, -0.15) is 13.2 Å². The first-order valence-corrected chi connectivity index (χ1v) is 12.5. The molecule has 3 amide bonds. The second-order valence-electron chi connectivity index (χ2n) is 10.4. The van der Waals surface area contributed by atoms with Gasteiger partial charge in [-0.15, -0.1) is 0 Å². The second kappa shape index (κ2) is 10.3. The zero-order valence-electron chi connectivity index (χ0n) is 21.4. The van der Waals surface area contributed by atoms with Crippen LogP contribution in [-0.4, -0.2) is 65.2 Å². The monoisotopic (exact) mass is 534 g/mol. The van der Waals surface area contributed by atoms with Gasteiger partial charge in [0.15, 0.2) is 0 Å². The molecule has 11 heteroatoms. The van der Waals surface area contributed by atoms with E-state index in [9.17, 15) is 31.9 Å². The number of likely N-dealkylation sites (N-methyl/N-ethyl adjacent to an activating group) is 1. The van der Waals surface area contributed by atoms with Gasteiger partial charge in [0.1, 0.15) is 11.9 Å². The Labute approximate surface area is 218 Å². The van der Waals surface area contributed by atoms with Crippen LogP contribution in [0.5, 0.6) is 0 Å². The van der Waals surface area contributed by atoms with Gasteiger partial charge in [-0.05, 0) is 49.1 Å². The van der Waals surface area contributed by atoms with E-state index in [0.29, 0.717) is 37.6 Å². The number of halogens is 4. The molecule has 3 heterocycles. The largest absolute Gasteiger partial charge is 0.416 e. The summed E-state index contributed by atoms with van der Waals surface area (Å²) in [5, 5.41) is 2.44. The lowest BCUT2D eigenvalue weighted by atomic mass is 9.69. The number of carbonyl (C=O) groups excluding carboxylic acids is 3. The normalized spacial score (nSPS) is 20.2. The van der Waals surface area contributed by atoms with Crippen LogP contribution in [-0.2, 0) is 15.8 Å². The van der Waals surface area contributed by atoms with E-state index in [0.717, 1.165) is 5.69 Å². The predicted molar refractivity (Wildman–Crippen MR) is 130 cm³/mol. The minimum atomic E-state index is -4.75. The Morgan fingerprint density at radius 2 is 1.82 bits per heavy atom. The Bertz CT molecular complexity index is 1210. The molecule has 2 fully saturated rings. The molecule has 0 radical (unpaired) electrons. The molecule has 7 nitrogen and oxygen atoms in total. The van der Waals surface area contributed by atoms with Crippen LogP contribution in [0.3, 0.4) is 0 Å². The maximum absolute atomic E-state index is 14.3. The number of hydrogen-bond donors (Lipinski definition) is 1. The average Bonchev–Trinajstić information content (AvgIpc) is 3.12. The molecule has 1 aromatic carbocycles. The van der Waals surface area contributed by atoms with Crippen LogP contribution in [0, 0.1) is 17.2 Å². The van der Waals surface area contributed by atoms with Crippen molar-refractivity contribution in [2.45, 2.75) is 44.8 Å². The molecule has 1 aromatic heterocycles. The first kappa shape index (κ1) is 27.5. The molecule has 0 saturated carbocycles. The predicted octanol–water partition coefficient (Wildman–Crippen LogP) is 3.86. The van der Waals surface area contributed by atoms with Crippen molar-refractivity contribution in [1.29, 1.82) is 0 Å². The molecule has 204 valence electrons. The van der Waals surface area contributed by atoms with Crippen molar-refractivity contribution in [3.63, 3.8) is 0 Å². The molecule has 0 bridgehead atoms. The third-order valence-corrected chi connectivity index (χ3v) is 7.67. The molecule has 2 saturated heterocycles. The molecule has 2 aromatic rings. The average molecular weight is 535 g/mol. The molecule has 2 aliphatic rings. The molecular formula is C27H30F4N4O3. The molecule has 2 atom stereocenters. The van der Waals surface area contributed by atoms with Crippen LogP contribution in [0.2, 0.25) is 0 Å². The van der Waals surface area contributed by atoms with Crippen LogP contribution in [0.4, 0.5) is 17.6 Å². The first-order chi connectivity index (χ1) is 17.8. The van der Waals surface area contributed by atoms with Crippen molar-refractivity contribution in [2.75, 3.05) is 26.7 Å². The fraction of sp³-hybridized carbons (Fsp3) is 0.481. The van der Waals surface area contributed by atoms with E-state index in [1.807, 2.05) is 18.2 Å². The van der Waals surface area contributed by atoms with E-state index in [-0.39, 0.29) is 24.9 Å². The topological polar surface area (TPSA) is 82.6 Å². The second-order valence-corrected chi connectivity index (χ2v) is 10.4. The minimum absolute atomic E-state index is 0.00832.